The van der Waals surface area contributed by atoms with Crippen molar-refractivity contribution in [3.8, 4) is 0 Å². The fourth-order valence-corrected chi connectivity index (χ4v) is 2.06. The number of nitrogens with one attached hydrogen (secondary N) is 1. The van der Waals surface area contributed by atoms with Gasteiger partial charge in [-0.1, -0.05) is 0 Å². The molecule has 2 heterocycles. The lowest BCUT2D eigenvalue weighted by Crippen LogP contribution is -2.57. The number of carbonyl (C=O) groups is 3. The fourth-order valence-electron chi connectivity index (χ4n) is 2.06. The monoisotopic (exact) mass is 277 g/mol. The smallest absolute Gasteiger partial charge is 0.308 e. The van der Waals surface area contributed by atoms with E-state index < -0.39 is 12.0 Å². The molecule has 1 N–H and O–H groups in total. The topological polar surface area (TPSA) is 88.6 Å². The highest BCUT2D eigenvalue weighted by Gasteiger charge is 2.35. The Morgan fingerprint density at radius 1 is 1.55 bits per heavy atom. The molecule has 0 saturated carbocycles. The normalized spacial score (nSPS) is 18.4. The number of methoxy groups -OCH3 is 1. The maximum Gasteiger partial charge on any atom is 0.308 e. The molecular formula is C13H15N3O4. The van der Waals surface area contributed by atoms with Crippen LogP contribution in [-0.2, 0) is 14.3 Å². The summed E-state index contributed by atoms with van der Waals surface area (Å²) in [7, 11) is 1.25. The van der Waals surface area contributed by atoms with Crippen LogP contribution in [0.25, 0.3) is 0 Å². The van der Waals surface area contributed by atoms with Crippen LogP contribution in [0.5, 0.6) is 0 Å². The summed E-state index contributed by atoms with van der Waals surface area (Å²) in [6.45, 7) is 0.712. The highest BCUT2D eigenvalue weighted by molar-refractivity contribution is 5.99. The van der Waals surface area contributed by atoms with Crippen molar-refractivity contribution in [2.45, 2.75) is 12.5 Å². The summed E-state index contributed by atoms with van der Waals surface area (Å²) in [6.07, 6.45) is 2.84. The Kier molecular flexibility index (Phi) is 4.29. The summed E-state index contributed by atoms with van der Waals surface area (Å²) in [4.78, 5) is 40.9. The molecule has 0 aromatic carbocycles. The maximum atomic E-state index is 12.4. The average molecular weight is 277 g/mol. The Balaban J connectivity index is 2.20. The Morgan fingerprint density at radius 3 is 3.00 bits per heavy atom. The predicted molar refractivity (Wildman–Crippen MR) is 68.7 cm³/mol. The van der Waals surface area contributed by atoms with Crippen molar-refractivity contribution in [2.24, 2.45) is 0 Å². The van der Waals surface area contributed by atoms with Crippen molar-refractivity contribution in [3.63, 3.8) is 0 Å². The van der Waals surface area contributed by atoms with E-state index in [0.29, 0.717) is 18.7 Å². The minimum absolute atomic E-state index is 0.158. The van der Waals surface area contributed by atoms with E-state index in [1.165, 1.54) is 18.2 Å². The molecule has 0 bridgehead atoms. The largest absolute Gasteiger partial charge is 0.469 e. The molecule has 1 aliphatic rings. The maximum absolute atomic E-state index is 12.4. The SMILES string of the molecule is COC(=O)CC1C(=O)NCCN1C(=O)c1cccnc1. The summed E-state index contributed by atoms with van der Waals surface area (Å²) in [5.41, 5.74) is 0.386. The van der Waals surface area contributed by atoms with Crippen LogP contribution in [0.15, 0.2) is 24.5 Å². The van der Waals surface area contributed by atoms with E-state index in [-0.39, 0.29) is 18.2 Å². The molecule has 1 saturated heterocycles. The molecular weight excluding hydrogens is 262 g/mol. The molecule has 0 radical (unpaired) electrons. The lowest BCUT2D eigenvalue weighted by Gasteiger charge is -2.34. The van der Waals surface area contributed by atoms with Gasteiger partial charge < -0.3 is 15.0 Å². The Hall–Kier alpha value is -2.44. The van der Waals surface area contributed by atoms with Gasteiger partial charge in [-0.25, -0.2) is 0 Å². The number of nitrogens with zero attached hydrogens (tertiary/aromatic N) is 2. The van der Waals surface area contributed by atoms with Gasteiger partial charge in [0.2, 0.25) is 5.91 Å². The van der Waals surface area contributed by atoms with Gasteiger partial charge in [-0.2, -0.15) is 0 Å². The van der Waals surface area contributed by atoms with E-state index in [1.54, 1.807) is 18.3 Å². The molecule has 20 heavy (non-hydrogen) atoms. The third kappa shape index (κ3) is 2.93. The molecule has 2 amide bonds. The van der Waals surface area contributed by atoms with E-state index in [9.17, 15) is 14.4 Å². The van der Waals surface area contributed by atoms with E-state index in [4.69, 9.17) is 0 Å². The molecule has 1 unspecified atom stereocenters. The summed E-state index contributed by atoms with van der Waals surface area (Å²) in [5.74, 6) is -1.20. The molecule has 106 valence electrons. The number of hydrogen-bond acceptors (Lipinski definition) is 5. The highest BCUT2D eigenvalue weighted by atomic mass is 16.5. The van der Waals surface area contributed by atoms with Crippen molar-refractivity contribution in [3.05, 3.63) is 30.1 Å². The van der Waals surface area contributed by atoms with Gasteiger partial charge in [0, 0.05) is 25.5 Å². The molecule has 0 spiro atoms. The van der Waals surface area contributed by atoms with Gasteiger partial charge in [0.25, 0.3) is 5.91 Å². The van der Waals surface area contributed by atoms with Gasteiger partial charge in [0.05, 0.1) is 19.1 Å². The fraction of sp³-hybridized carbons (Fsp3) is 0.385. The molecule has 1 fully saturated rings. The summed E-state index contributed by atoms with van der Waals surface area (Å²) >= 11 is 0. The van der Waals surface area contributed by atoms with Crippen molar-refractivity contribution in [1.82, 2.24) is 15.2 Å². The van der Waals surface area contributed by atoms with Gasteiger partial charge >= 0.3 is 5.97 Å². The van der Waals surface area contributed by atoms with Crippen LogP contribution >= 0.6 is 0 Å². The van der Waals surface area contributed by atoms with Crippen LogP contribution in [-0.4, -0.2) is 53.9 Å². The molecule has 7 nitrogen and oxygen atoms in total. The summed E-state index contributed by atoms with van der Waals surface area (Å²) < 4.78 is 4.57. The van der Waals surface area contributed by atoms with Crippen molar-refractivity contribution in [2.75, 3.05) is 20.2 Å². The molecule has 1 aliphatic heterocycles. The minimum atomic E-state index is -0.844. The molecule has 0 aliphatic carbocycles. The van der Waals surface area contributed by atoms with Crippen LogP contribution < -0.4 is 5.32 Å². The highest BCUT2D eigenvalue weighted by Crippen LogP contribution is 2.14. The Morgan fingerprint density at radius 2 is 2.35 bits per heavy atom. The standard InChI is InChI=1S/C13H15N3O4/c1-20-11(17)7-10-12(18)15-5-6-16(10)13(19)9-3-2-4-14-8-9/h2-4,8,10H,5-7H2,1H3,(H,15,18). The van der Waals surface area contributed by atoms with Crippen LogP contribution in [0.2, 0.25) is 0 Å². The quantitative estimate of drug-likeness (QED) is 0.758. The Bertz CT molecular complexity index is 518. The third-order valence-corrected chi connectivity index (χ3v) is 3.09. The van der Waals surface area contributed by atoms with Gasteiger partial charge in [0.1, 0.15) is 6.04 Å². The first-order chi connectivity index (χ1) is 9.63. The molecule has 1 atom stereocenters. The third-order valence-electron chi connectivity index (χ3n) is 3.09. The van der Waals surface area contributed by atoms with Crippen LogP contribution in [0.4, 0.5) is 0 Å². The number of carbonyl (C=O) groups excluding carboxylic acids is 3. The number of rotatable bonds is 3. The first kappa shape index (κ1) is 14.0. The second-order valence-corrected chi connectivity index (χ2v) is 4.33. The minimum Gasteiger partial charge on any atom is -0.469 e. The summed E-state index contributed by atoms with van der Waals surface area (Å²) in [6, 6.07) is 2.42. The zero-order chi connectivity index (χ0) is 14.5. The van der Waals surface area contributed by atoms with Crippen LogP contribution in [0, 0.1) is 0 Å². The number of ether oxygens (including phenoxy) is 1. The van der Waals surface area contributed by atoms with Crippen molar-refractivity contribution < 1.29 is 19.1 Å². The number of hydrogen-bond donors (Lipinski definition) is 1. The van der Waals surface area contributed by atoms with Gasteiger partial charge in [-0.15, -0.1) is 0 Å². The lowest BCUT2D eigenvalue weighted by atomic mass is 10.1. The molecule has 7 heteroatoms. The van der Waals surface area contributed by atoms with Gasteiger partial charge in [-0.05, 0) is 12.1 Å². The van der Waals surface area contributed by atoms with Crippen molar-refractivity contribution in [1.29, 1.82) is 0 Å². The average Bonchev–Trinajstić information content (AvgIpc) is 2.49. The predicted octanol–water partition coefficient (Wildman–Crippen LogP) is -0.415. The summed E-state index contributed by atoms with van der Waals surface area (Å²) in [5, 5.41) is 2.64. The van der Waals surface area contributed by atoms with Crippen molar-refractivity contribution >= 4 is 17.8 Å². The lowest BCUT2D eigenvalue weighted by molar-refractivity contribution is -0.145. The van der Waals surface area contributed by atoms with Gasteiger partial charge in [-0.3, -0.25) is 19.4 Å². The molecule has 2 rings (SSSR count). The van der Waals surface area contributed by atoms with Crippen LogP contribution in [0.3, 0.4) is 0 Å². The second-order valence-electron chi connectivity index (χ2n) is 4.33. The number of aromatic nitrogens is 1. The van der Waals surface area contributed by atoms with E-state index in [0.717, 1.165) is 0 Å². The first-order valence-electron chi connectivity index (χ1n) is 6.19. The van der Waals surface area contributed by atoms with Crippen LogP contribution in [0.1, 0.15) is 16.8 Å². The van der Waals surface area contributed by atoms with E-state index in [2.05, 4.69) is 15.0 Å². The first-order valence-corrected chi connectivity index (χ1v) is 6.19. The number of pyridine rings is 1. The zero-order valence-corrected chi connectivity index (χ0v) is 11.0. The van der Waals surface area contributed by atoms with Gasteiger partial charge in [0.15, 0.2) is 0 Å². The number of esters is 1. The number of amides is 2. The zero-order valence-electron chi connectivity index (χ0n) is 11.0. The molecule has 1 aromatic rings. The molecule has 1 aromatic heterocycles. The number of piperazine rings is 1. The Labute approximate surface area is 115 Å². The van der Waals surface area contributed by atoms with E-state index >= 15 is 0 Å². The second kappa shape index (κ2) is 6.14. The van der Waals surface area contributed by atoms with E-state index in [1.807, 2.05) is 0 Å².